The van der Waals surface area contributed by atoms with Crippen molar-refractivity contribution >= 4 is 0 Å². The molecule has 0 aliphatic heterocycles. The van der Waals surface area contributed by atoms with E-state index >= 15 is 0 Å². The van der Waals surface area contributed by atoms with Crippen LogP contribution in [0.5, 0.6) is 0 Å². The van der Waals surface area contributed by atoms with Gasteiger partial charge in [-0.25, -0.2) is 0 Å². The fraction of sp³-hybridized carbons (Fsp3) is 0.857. The number of hydrogen-bond donors (Lipinski definition) is 3. The molecule has 0 aromatic heterocycles. The van der Waals surface area contributed by atoms with Crippen LogP contribution in [-0.2, 0) is 0 Å². The van der Waals surface area contributed by atoms with Crippen molar-refractivity contribution < 1.29 is 15.3 Å². The third-order valence-corrected chi connectivity index (χ3v) is 9.28. The molecule has 3 unspecified atom stereocenters. The van der Waals surface area contributed by atoms with E-state index in [4.69, 9.17) is 0 Å². The van der Waals surface area contributed by atoms with Crippen molar-refractivity contribution in [1.29, 1.82) is 0 Å². The first kappa shape index (κ1) is 25.0. The summed E-state index contributed by atoms with van der Waals surface area (Å²) in [7, 11) is 0. The molecule has 0 spiro atoms. The van der Waals surface area contributed by atoms with Crippen molar-refractivity contribution in [2.24, 2.45) is 28.6 Å². The lowest BCUT2D eigenvalue weighted by atomic mass is 9.60. The van der Waals surface area contributed by atoms with Gasteiger partial charge in [0.25, 0.3) is 0 Å². The molecule has 31 heavy (non-hydrogen) atoms. The molecule has 3 rings (SSSR count). The van der Waals surface area contributed by atoms with E-state index in [2.05, 4.69) is 39.8 Å². The van der Waals surface area contributed by atoms with Crippen LogP contribution in [0.2, 0.25) is 0 Å². The maximum atomic E-state index is 10.5. The summed E-state index contributed by atoms with van der Waals surface area (Å²) in [6, 6.07) is 0. The van der Waals surface area contributed by atoms with E-state index in [9.17, 15) is 15.3 Å². The molecule has 3 aliphatic carbocycles. The van der Waals surface area contributed by atoms with E-state index in [0.29, 0.717) is 30.1 Å². The number of fused-ring (bicyclic) bond motifs is 1. The van der Waals surface area contributed by atoms with Gasteiger partial charge in [-0.3, -0.25) is 0 Å². The average molecular weight is 433 g/mol. The number of aliphatic hydroxyl groups excluding tert-OH is 2. The van der Waals surface area contributed by atoms with Gasteiger partial charge in [-0.1, -0.05) is 63.8 Å². The predicted molar refractivity (Wildman–Crippen MR) is 129 cm³/mol. The van der Waals surface area contributed by atoms with Crippen LogP contribution in [0.25, 0.3) is 0 Å². The second-order valence-electron chi connectivity index (χ2n) is 12.5. The number of rotatable bonds is 6. The number of hydrogen-bond acceptors (Lipinski definition) is 3. The van der Waals surface area contributed by atoms with Crippen molar-refractivity contribution in [3.8, 4) is 0 Å². The lowest BCUT2D eigenvalue weighted by Gasteiger charge is -2.44. The lowest BCUT2D eigenvalue weighted by Crippen LogP contribution is -2.40. The molecular formula is C28H48O3. The van der Waals surface area contributed by atoms with Gasteiger partial charge in [0, 0.05) is 11.8 Å². The molecule has 0 bridgehead atoms. The Kier molecular flexibility index (Phi) is 7.51. The molecule has 3 N–H and O–H groups in total. The molecule has 0 amide bonds. The minimum Gasteiger partial charge on any atom is -0.393 e. The molecule has 3 nitrogen and oxygen atoms in total. The minimum atomic E-state index is -0.551. The summed E-state index contributed by atoms with van der Waals surface area (Å²) in [4.78, 5) is 0. The van der Waals surface area contributed by atoms with Gasteiger partial charge in [-0.15, -0.1) is 0 Å². The Morgan fingerprint density at radius 2 is 1.84 bits per heavy atom. The van der Waals surface area contributed by atoms with Gasteiger partial charge in [0.15, 0.2) is 0 Å². The molecule has 178 valence electrons. The van der Waals surface area contributed by atoms with E-state index in [0.717, 1.165) is 18.8 Å². The van der Waals surface area contributed by atoms with E-state index in [1.807, 2.05) is 13.8 Å². The van der Waals surface area contributed by atoms with Crippen LogP contribution >= 0.6 is 0 Å². The summed E-state index contributed by atoms with van der Waals surface area (Å²) < 4.78 is 0. The number of allylic oxidation sites excluding steroid dienone is 3. The highest BCUT2D eigenvalue weighted by atomic mass is 16.3. The van der Waals surface area contributed by atoms with Crippen LogP contribution in [0.15, 0.2) is 23.3 Å². The molecule has 0 aromatic rings. The molecule has 3 aliphatic rings. The molecular weight excluding hydrogens is 384 g/mol. The van der Waals surface area contributed by atoms with Gasteiger partial charge in [-0.05, 0) is 82.0 Å². The Morgan fingerprint density at radius 3 is 2.52 bits per heavy atom. The molecule has 3 fully saturated rings. The van der Waals surface area contributed by atoms with Crippen molar-refractivity contribution in [2.45, 2.75) is 124 Å². The van der Waals surface area contributed by atoms with Gasteiger partial charge < -0.3 is 15.3 Å². The highest BCUT2D eigenvalue weighted by Gasteiger charge is 2.50. The van der Waals surface area contributed by atoms with Crippen LogP contribution in [-0.4, -0.2) is 33.1 Å². The third kappa shape index (κ3) is 5.47. The Bertz CT molecular complexity index is 683. The second kappa shape index (κ2) is 9.31. The SMILES string of the molecule is C[C@@H](CCCC(C)(C)O)C1CCC2/C(=C/C=C3/CC(O)C[C@H](O)C3(C)C)CCC[C@@]21C. The van der Waals surface area contributed by atoms with Crippen LogP contribution in [0.3, 0.4) is 0 Å². The maximum absolute atomic E-state index is 10.5. The van der Waals surface area contributed by atoms with Gasteiger partial charge in [0.1, 0.15) is 0 Å². The molecule has 0 radical (unpaired) electrons. The zero-order valence-corrected chi connectivity index (χ0v) is 21.0. The quantitative estimate of drug-likeness (QED) is 0.470. The van der Waals surface area contributed by atoms with Gasteiger partial charge >= 0.3 is 0 Å². The average Bonchev–Trinajstić information content (AvgIpc) is 3.00. The van der Waals surface area contributed by atoms with E-state index < -0.39 is 17.8 Å². The smallest absolute Gasteiger partial charge is 0.0653 e. The van der Waals surface area contributed by atoms with Crippen molar-refractivity contribution in [1.82, 2.24) is 0 Å². The fourth-order valence-corrected chi connectivity index (χ4v) is 7.13. The largest absolute Gasteiger partial charge is 0.393 e. The summed E-state index contributed by atoms with van der Waals surface area (Å²) in [5.41, 5.74) is 2.36. The van der Waals surface area contributed by atoms with Crippen LogP contribution in [0, 0.1) is 28.6 Å². The van der Waals surface area contributed by atoms with Gasteiger partial charge in [0.2, 0.25) is 0 Å². The maximum Gasteiger partial charge on any atom is 0.0653 e. The topological polar surface area (TPSA) is 60.7 Å². The summed E-state index contributed by atoms with van der Waals surface area (Å²) >= 11 is 0. The predicted octanol–water partition coefficient (Wildman–Crippen LogP) is 6.17. The second-order valence-corrected chi connectivity index (χ2v) is 12.5. The Hall–Kier alpha value is -0.640. The first-order valence-electron chi connectivity index (χ1n) is 12.8. The Labute approximate surface area is 191 Å². The zero-order valence-electron chi connectivity index (χ0n) is 21.0. The molecule has 3 heteroatoms. The van der Waals surface area contributed by atoms with Gasteiger partial charge in [-0.2, -0.15) is 0 Å². The molecule has 0 aromatic carbocycles. The summed E-state index contributed by atoms with van der Waals surface area (Å²) in [5, 5.41) is 30.7. The highest BCUT2D eigenvalue weighted by molar-refractivity contribution is 5.29. The summed E-state index contributed by atoms with van der Waals surface area (Å²) in [6.07, 6.45) is 14.5. The Balaban J connectivity index is 1.73. The summed E-state index contributed by atoms with van der Waals surface area (Å²) in [5.74, 6) is 2.14. The van der Waals surface area contributed by atoms with Crippen molar-refractivity contribution in [2.75, 3.05) is 0 Å². The molecule has 0 saturated heterocycles. The monoisotopic (exact) mass is 432 g/mol. The normalized spacial score (nSPS) is 39.6. The van der Waals surface area contributed by atoms with E-state index in [1.54, 1.807) is 5.57 Å². The van der Waals surface area contributed by atoms with Gasteiger partial charge in [0.05, 0.1) is 17.8 Å². The van der Waals surface area contributed by atoms with Crippen LogP contribution in [0.1, 0.15) is 106 Å². The molecule has 0 heterocycles. The third-order valence-electron chi connectivity index (χ3n) is 9.28. The standard InChI is InChI=1S/C28H48O3/c1-19(9-7-15-26(2,3)31)23-13-14-24-20(10-8-16-28(23,24)6)11-12-21-17-22(29)18-25(30)27(21,4)5/h11-12,19,22-25,29-31H,7-10,13-18H2,1-6H3/b20-11+,21-12-/t19-,22?,23?,24?,25-,28+/m0/s1. The van der Waals surface area contributed by atoms with Crippen molar-refractivity contribution in [3.63, 3.8) is 0 Å². The fourth-order valence-electron chi connectivity index (χ4n) is 7.13. The first-order chi connectivity index (χ1) is 14.3. The minimum absolute atomic E-state index is 0.262. The Morgan fingerprint density at radius 1 is 1.13 bits per heavy atom. The van der Waals surface area contributed by atoms with E-state index in [1.165, 1.54) is 44.1 Å². The van der Waals surface area contributed by atoms with Crippen molar-refractivity contribution in [3.05, 3.63) is 23.3 Å². The highest BCUT2D eigenvalue weighted by Crippen LogP contribution is 2.60. The summed E-state index contributed by atoms with van der Waals surface area (Å²) in [6.45, 7) is 13.0. The zero-order chi connectivity index (χ0) is 23.0. The van der Waals surface area contributed by atoms with E-state index in [-0.39, 0.29) is 5.41 Å². The first-order valence-corrected chi connectivity index (χ1v) is 12.8. The number of aliphatic hydroxyl groups is 3. The lowest BCUT2D eigenvalue weighted by molar-refractivity contribution is -0.00660. The molecule has 6 atom stereocenters. The van der Waals surface area contributed by atoms with Crippen LogP contribution < -0.4 is 0 Å². The molecule has 3 saturated carbocycles. The van der Waals surface area contributed by atoms with Crippen LogP contribution in [0.4, 0.5) is 0 Å².